The summed E-state index contributed by atoms with van der Waals surface area (Å²) in [6.45, 7) is 0. The summed E-state index contributed by atoms with van der Waals surface area (Å²) < 4.78 is 0. The molecule has 0 amide bonds. The first-order valence-corrected chi connectivity index (χ1v) is 4.26. The molecule has 0 bridgehead atoms. The van der Waals surface area contributed by atoms with E-state index in [9.17, 15) is 9.59 Å². The van der Waals surface area contributed by atoms with Crippen LogP contribution in [0.2, 0.25) is 5.02 Å². The van der Waals surface area contributed by atoms with Crippen LogP contribution in [0.15, 0.2) is 30.0 Å². The van der Waals surface area contributed by atoms with Crippen molar-refractivity contribution in [1.29, 1.82) is 0 Å². The number of allylic oxidation sites excluding steroid dienone is 2. The average molecular weight is 209 g/mol. The number of carbonyl (C=O) groups is 2. The van der Waals surface area contributed by atoms with Crippen LogP contribution in [-0.4, -0.2) is 16.7 Å². The summed E-state index contributed by atoms with van der Waals surface area (Å²) in [4.78, 5) is 22.7. The largest absolute Gasteiger partial charge is 0.504 e. The lowest BCUT2D eigenvalue weighted by molar-refractivity contribution is 0.0939. The van der Waals surface area contributed by atoms with Gasteiger partial charge in [0.1, 0.15) is 0 Å². The van der Waals surface area contributed by atoms with Gasteiger partial charge in [0.15, 0.2) is 11.5 Å². The van der Waals surface area contributed by atoms with E-state index in [1.54, 1.807) is 0 Å². The Morgan fingerprint density at radius 1 is 1.14 bits per heavy atom. The SMILES string of the molecule is O=C1C=C(O)C(=O)c2ccc(Cl)cc21. The fraction of sp³-hybridized carbons (Fsp3) is 0. The molecule has 0 radical (unpaired) electrons. The van der Waals surface area contributed by atoms with Crippen LogP contribution in [0.3, 0.4) is 0 Å². The summed E-state index contributed by atoms with van der Waals surface area (Å²) in [6.07, 6.45) is 0.904. The van der Waals surface area contributed by atoms with E-state index in [4.69, 9.17) is 16.7 Å². The minimum atomic E-state index is -0.545. The minimum absolute atomic E-state index is 0.194. The Kier molecular flexibility index (Phi) is 1.89. The van der Waals surface area contributed by atoms with Gasteiger partial charge in [-0.15, -0.1) is 0 Å². The normalized spacial score (nSPS) is 15.1. The zero-order valence-corrected chi connectivity index (χ0v) is 7.71. The summed E-state index contributed by atoms with van der Waals surface area (Å²) in [5.41, 5.74) is 0.430. The number of fused-ring (bicyclic) bond motifs is 1. The highest BCUT2D eigenvalue weighted by Crippen LogP contribution is 2.23. The maximum Gasteiger partial charge on any atom is 0.228 e. The third-order valence-corrected chi connectivity index (χ3v) is 2.23. The van der Waals surface area contributed by atoms with Crippen molar-refractivity contribution < 1.29 is 14.7 Å². The maximum atomic E-state index is 11.4. The summed E-state index contributed by atoms with van der Waals surface area (Å²) in [6, 6.07) is 4.35. The first-order chi connectivity index (χ1) is 6.59. The van der Waals surface area contributed by atoms with Crippen molar-refractivity contribution in [1.82, 2.24) is 0 Å². The van der Waals surface area contributed by atoms with Crippen molar-refractivity contribution in [3.05, 3.63) is 46.2 Å². The van der Waals surface area contributed by atoms with Gasteiger partial charge in [-0.3, -0.25) is 9.59 Å². The highest BCUT2D eigenvalue weighted by Gasteiger charge is 2.24. The predicted molar refractivity (Wildman–Crippen MR) is 50.8 cm³/mol. The third-order valence-electron chi connectivity index (χ3n) is 1.99. The van der Waals surface area contributed by atoms with Crippen molar-refractivity contribution in [3.8, 4) is 0 Å². The Morgan fingerprint density at radius 2 is 1.86 bits per heavy atom. The number of aliphatic hydroxyl groups is 1. The number of aliphatic hydroxyl groups excluding tert-OH is 1. The number of benzene rings is 1. The van der Waals surface area contributed by atoms with Gasteiger partial charge in [-0.25, -0.2) is 0 Å². The standard InChI is InChI=1S/C10H5ClO3/c11-5-1-2-6-7(3-5)8(12)4-9(13)10(6)14/h1-4,13H. The van der Waals surface area contributed by atoms with Crippen molar-refractivity contribution in [2.45, 2.75) is 0 Å². The van der Waals surface area contributed by atoms with Crippen LogP contribution in [-0.2, 0) is 0 Å². The number of hydrogen-bond acceptors (Lipinski definition) is 3. The van der Waals surface area contributed by atoms with Gasteiger partial charge >= 0.3 is 0 Å². The number of ketones is 2. The molecule has 70 valence electrons. The molecule has 1 aromatic rings. The van der Waals surface area contributed by atoms with Crippen molar-refractivity contribution in [2.75, 3.05) is 0 Å². The van der Waals surface area contributed by atoms with Crippen LogP contribution in [0, 0.1) is 0 Å². The Balaban J connectivity index is 2.69. The summed E-state index contributed by atoms with van der Waals surface area (Å²) in [5, 5.41) is 9.51. The Hall–Kier alpha value is -1.61. The molecule has 1 aliphatic rings. The molecule has 0 saturated heterocycles. The van der Waals surface area contributed by atoms with E-state index >= 15 is 0 Å². The van der Waals surface area contributed by atoms with Crippen molar-refractivity contribution in [2.24, 2.45) is 0 Å². The third kappa shape index (κ3) is 1.22. The van der Waals surface area contributed by atoms with Crippen LogP contribution in [0.1, 0.15) is 20.7 Å². The molecule has 4 heteroatoms. The van der Waals surface area contributed by atoms with Crippen molar-refractivity contribution in [3.63, 3.8) is 0 Å². The molecule has 1 N–H and O–H groups in total. The molecule has 3 nitrogen and oxygen atoms in total. The first-order valence-electron chi connectivity index (χ1n) is 3.89. The van der Waals surface area contributed by atoms with Gasteiger partial charge in [-0.1, -0.05) is 11.6 Å². The molecule has 0 aliphatic heterocycles. The zero-order valence-electron chi connectivity index (χ0n) is 6.95. The van der Waals surface area contributed by atoms with E-state index in [2.05, 4.69) is 0 Å². The topological polar surface area (TPSA) is 54.4 Å². The quantitative estimate of drug-likeness (QED) is 0.711. The molecule has 0 fully saturated rings. The summed E-state index contributed by atoms with van der Waals surface area (Å²) in [7, 11) is 0. The van der Waals surface area contributed by atoms with E-state index in [-0.39, 0.29) is 11.1 Å². The number of carbonyl (C=O) groups excluding carboxylic acids is 2. The number of rotatable bonds is 0. The second kappa shape index (κ2) is 2.96. The highest BCUT2D eigenvalue weighted by atomic mass is 35.5. The molecular formula is C10H5ClO3. The monoisotopic (exact) mass is 208 g/mol. The molecule has 14 heavy (non-hydrogen) atoms. The molecular weight excluding hydrogens is 204 g/mol. The lowest BCUT2D eigenvalue weighted by Crippen LogP contribution is -2.16. The summed E-state index contributed by atoms with van der Waals surface area (Å²) in [5.74, 6) is -1.47. The predicted octanol–water partition coefficient (Wildman–Crippen LogP) is 2.16. The smallest absolute Gasteiger partial charge is 0.228 e. The second-order valence-electron chi connectivity index (χ2n) is 2.91. The Bertz CT molecular complexity index is 474. The fourth-order valence-corrected chi connectivity index (χ4v) is 1.50. The van der Waals surface area contributed by atoms with Crippen LogP contribution >= 0.6 is 11.6 Å². The number of hydrogen-bond donors (Lipinski definition) is 1. The van der Waals surface area contributed by atoms with Gasteiger partial charge < -0.3 is 5.11 Å². The van der Waals surface area contributed by atoms with E-state index < -0.39 is 17.3 Å². The van der Waals surface area contributed by atoms with Crippen molar-refractivity contribution >= 4 is 23.2 Å². The first kappa shape index (κ1) is 8.97. The van der Waals surface area contributed by atoms with Crippen LogP contribution in [0.25, 0.3) is 0 Å². The van der Waals surface area contributed by atoms with Crippen LogP contribution in [0.4, 0.5) is 0 Å². The zero-order chi connectivity index (χ0) is 10.3. The number of Topliss-reactive ketones (excluding diaryl/α,β-unsaturated/α-hetero) is 1. The van der Waals surface area contributed by atoms with Gasteiger partial charge in [0.2, 0.25) is 5.78 Å². The lowest BCUT2D eigenvalue weighted by Gasteiger charge is -2.10. The lowest BCUT2D eigenvalue weighted by atomic mass is 9.94. The Morgan fingerprint density at radius 3 is 2.57 bits per heavy atom. The van der Waals surface area contributed by atoms with Crippen LogP contribution < -0.4 is 0 Å². The second-order valence-corrected chi connectivity index (χ2v) is 3.35. The summed E-state index contributed by atoms with van der Waals surface area (Å²) >= 11 is 5.68. The highest BCUT2D eigenvalue weighted by molar-refractivity contribution is 6.32. The van der Waals surface area contributed by atoms with E-state index in [0.29, 0.717) is 5.02 Å². The maximum absolute atomic E-state index is 11.4. The molecule has 1 aliphatic carbocycles. The van der Waals surface area contributed by atoms with Gasteiger partial charge in [0.25, 0.3) is 0 Å². The molecule has 0 unspecified atom stereocenters. The van der Waals surface area contributed by atoms with E-state index in [1.165, 1.54) is 18.2 Å². The molecule has 0 atom stereocenters. The van der Waals surface area contributed by atoms with Gasteiger partial charge in [0, 0.05) is 22.2 Å². The molecule has 0 heterocycles. The van der Waals surface area contributed by atoms with E-state index in [0.717, 1.165) is 6.08 Å². The average Bonchev–Trinajstić information content (AvgIpc) is 2.14. The fourth-order valence-electron chi connectivity index (χ4n) is 1.32. The van der Waals surface area contributed by atoms with Gasteiger partial charge in [0.05, 0.1) is 0 Å². The van der Waals surface area contributed by atoms with E-state index in [1.807, 2.05) is 0 Å². The minimum Gasteiger partial charge on any atom is -0.504 e. The molecule has 0 aromatic heterocycles. The Labute approximate surface area is 84.6 Å². The molecule has 1 aromatic carbocycles. The van der Waals surface area contributed by atoms with Gasteiger partial charge in [-0.2, -0.15) is 0 Å². The molecule has 0 saturated carbocycles. The molecule has 2 rings (SSSR count). The molecule has 0 spiro atoms. The van der Waals surface area contributed by atoms with Gasteiger partial charge in [-0.05, 0) is 18.2 Å². The van der Waals surface area contributed by atoms with Crippen LogP contribution in [0.5, 0.6) is 0 Å². The number of halogens is 1.